The molecule has 0 aromatic heterocycles. The maximum Gasteiger partial charge on any atom is 0.334 e. The number of phenols is 1. The number of nitrogens with zero attached hydrogens (tertiary/aromatic N) is 4. The molecule has 2 fully saturated rings. The van der Waals surface area contributed by atoms with E-state index in [1.165, 1.54) is 28.1 Å². The highest BCUT2D eigenvalue weighted by molar-refractivity contribution is 5.94. The summed E-state index contributed by atoms with van der Waals surface area (Å²) in [7, 11) is 0. The molecule has 12 nitrogen and oxygen atoms in total. The smallest absolute Gasteiger partial charge is 0.334 e. The lowest BCUT2D eigenvalue weighted by Crippen LogP contribution is -2.76. The lowest BCUT2D eigenvalue weighted by molar-refractivity contribution is -0.189. The van der Waals surface area contributed by atoms with Crippen molar-refractivity contribution in [2.24, 2.45) is 0 Å². The van der Waals surface area contributed by atoms with E-state index in [2.05, 4.69) is 11.9 Å². The van der Waals surface area contributed by atoms with Crippen LogP contribution in [0.25, 0.3) is 0 Å². The van der Waals surface area contributed by atoms with Gasteiger partial charge in [-0.2, -0.15) is 0 Å². The summed E-state index contributed by atoms with van der Waals surface area (Å²) in [4.78, 5) is 56.7. The Morgan fingerprint density at radius 3 is 2.39 bits per heavy atom. The van der Waals surface area contributed by atoms with Gasteiger partial charge in [-0.15, -0.1) is 6.58 Å². The molecule has 0 aliphatic carbocycles. The molecule has 4 N–H and O–H groups in total. The van der Waals surface area contributed by atoms with Gasteiger partial charge >= 0.3 is 6.03 Å². The van der Waals surface area contributed by atoms with Crippen LogP contribution in [0.1, 0.15) is 27.0 Å². The van der Waals surface area contributed by atoms with Crippen molar-refractivity contribution in [2.45, 2.75) is 31.7 Å². The van der Waals surface area contributed by atoms with E-state index in [9.17, 15) is 24.3 Å². The van der Waals surface area contributed by atoms with Gasteiger partial charge in [0.05, 0.1) is 13.1 Å². The van der Waals surface area contributed by atoms with Crippen molar-refractivity contribution in [2.75, 3.05) is 19.6 Å². The Morgan fingerprint density at radius 2 is 1.68 bits per heavy atom. The number of phenolic OH excluding ortho intramolecular Hbond substituents is 1. The molecular weight excluding hydrogens is 564 g/mol. The molecule has 0 unspecified atom stereocenters. The molecule has 12 heteroatoms. The van der Waals surface area contributed by atoms with Gasteiger partial charge in [-0.1, -0.05) is 60.7 Å². The summed E-state index contributed by atoms with van der Waals surface area (Å²) in [6.45, 7) is 4.27. The second-order valence-corrected chi connectivity index (χ2v) is 10.7. The molecule has 0 radical (unpaired) electrons. The fourth-order valence-electron chi connectivity index (χ4n) is 5.65. The predicted octanol–water partition coefficient (Wildman–Crippen LogP) is 2.25. The van der Waals surface area contributed by atoms with E-state index < -0.39 is 24.1 Å². The molecule has 2 aliphatic heterocycles. The van der Waals surface area contributed by atoms with Crippen LogP contribution in [0.3, 0.4) is 0 Å². The monoisotopic (exact) mass is 598 g/mol. The standard InChI is InChI=1S/C32H34N6O6/c1-2-15-36-21-29(40)37-27(17-22-11-13-26(39)14-12-22)31(42)35(19-24-9-6-10-25(16-24)30(41)34-44)20-28(37)38(36)32(43)33-18-23-7-4-3-5-8-23/h2-14,16,27-28,39,44H,1,15,17-21H2,(H,33,43)(H,34,41)/t27-,28-/m0/s1. The quantitative estimate of drug-likeness (QED) is 0.168. The second kappa shape index (κ2) is 13.4. The topological polar surface area (TPSA) is 146 Å². The van der Waals surface area contributed by atoms with Crippen LogP contribution < -0.4 is 10.8 Å². The van der Waals surface area contributed by atoms with Gasteiger partial charge in [0.25, 0.3) is 5.91 Å². The zero-order valence-electron chi connectivity index (χ0n) is 24.0. The third-order valence-corrected chi connectivity index (χ3v) is 7.69. The van der Waals surface area contributed by atoms with Gasteiger partial charge in [0.15, 0.2) is 0 Å². The number of hydroxylamine groups is 1. The highest BCUT2D eigenvalue weighted by Gasteiger charge is 2.51. The summed E-state index contributed by atoms with van der Waals surface area (Å²) in [5, 5.41) is 24.9. The number of carbonyl (C=O) groups excluding carboxylic acids is 4. The largest absolute Gasteiger partial charge is 0.508 e. The maximum absolute atomic E-state index is 14.1. The summed E-state index contributed by atoms with van der Waals surface area (Å²) >= 11 is 0. The van der Waals surface area contributed by atoms with Gasteiger partial charge in [0.1, 0.15) is 18.0 Å². The van der Waals surface area contributed by atoms with E-state index in [-0.39, 0.29) is 62.3 Å². The van der Waals surface area contributed by atoms with Gasteiger partial charge in [-0.25, -0.2) is 20.3 Å². The number of benzene rings is 3. The Hall–Kier alpha value is -5.20. The maximum atomic E-state index is 14.1. The van der Waals surface area contributed by atoms with Crippen LogP contribution in [0.2, 0.25) is 0 Å². The lowest BCUT2D eigenvalue weighted by atomic mass is 9.98. The number of urea groups is 1. The van der Waals surface area contributed by atoms with Crippen LogP contribution in [0, 0.1) is 0 Å². The van der Waals surface area contributed by atoms with Gasteiger partial charge < -0.3 is 20.2 Å². The Morgan fingerprint density at radius 1 is 0.955 bits per heavy atom. The first kappa shape index (κ1) is 30.3. The zero-order chi connectivity index (χ0) is 31.2. The molecule has 2 heterocycles. The molecule has 0 saturated carbocycles. The third-order valence-electron chi connectivity index (χ3n) is 7.69. The van der Waals surface area contributed by atoms with E-state index in [1.54, 1.807) is 51.8 Å². The van der Waals surface area contributed by atoms with Crippen molar-refractivity contribution in [1.29, 1.82) is 0 Å². The number of aromatic hydroxyl groups is 1. The van der Waals surface area contributed by atoms with Crippen molar-refractivity contribution in [1.82, 2.24) is 30.6 Å². The molecule has 0 bridgehead atoms. The zero-order valence-corrected chi connectivity index (χ0v) is 24.0. The van der Waals surface area contributed by atoms with Crippen molar-refractivity contribution >= 4 is 23.8 Å². The Kier molecular flexibility index (Phi) is 9.22. The van der Waals surface area contributed by atoms with Crippen molar-refractivity contribution in [3.63, 3.8) is 0 Å². The number of hydrogen-bond donors (Lipinski definition) is 4. The van der Waals surface area contributed by atoms with Crippen LogP contribution in [0.4, 0.5) is 4.79 Å². The fourth-order valence-corrected chi connectivity index (χ4v) is 5.65. The average Bonchev–Trinajstić information content (AvgIpc) is 3.03. The summed E-state index contributed by atoms with van der Waals surface area (Å²) in [6.07, 6.45) is 0.930. The second-order valence-electron chi connectivity index (χ2n) is 10.7. The minimum Gasteiger partial charge on any atom is -0.508 e. The Labute approximate surface area is 254 Å². The number of rotatable bonds is 9. The highest BCUT2D eigenvalue weighted by Crippen LogP contribution is 2.29. The van der Waals surface area contributed by atoms with E-state index in [4.69, 9.17) is 5.21 Å². The number of hydrazine groups is 1. The van der Waals surface area contributed by atoms with Crippen LogP contribution in [0.15, 0.2) is 91.5 Å². The summed E-state index contributed by atoms with van der Waals surface area (Å²) < 4.78 is 0. The molecular formula is C32H34N6O6. The minimum absolute atomic E-state index is 0.0134. The molecule has 228 valence electrons. The van der Waals surface area contributed by atoms with Crippen LogP contribution in [-0.2, 0) is 29.1 Å². The molecule has 5 rings (SSSR count). The normalized spacial score (nSPS) is 18.5. The number of hydrogen-bond acceptors (Lipinski definition) is 7. The highest BCUT2D eigenvalue weighted by atomic mass is 16.5. The SMILES string of the molecule is C=CCN1CC(=O)N2[C@@H](Cc3ccc(O)cc3)C(=O)N(Cc3cccc(C(=O)NO)c3)C[C@@H]2N1C(=O)NCc1ccccc1. The summed E-state index contributed by atoms with van der Waals surface area (Å²) in [6, 6.07) is 21.0. The third kappa shape index (κ3) is 6.56. The van der Waals surface area contributed by atoms with E-state index >= 15 is 0 Å². The molecule has 3 aromatic rings. The van der Waals surface area contributed by atoms with E-state index in [0.717, 1.165) is 11.1 Å². The molecule has 2 saturated heterocycles. The number of piperazine rings is 1. The number of nitrogens with one attached hydrogen (secondary N) is 2. The number of fused-ring (bicyclic) bond motifs is 1. The summed E-state index contributed by atoms with van der Waals surface area (Å²) in [5.41, 5.74) is 4.08. The molecule has 2 aliphatic rings. The Balaban J connectivity index is 1.50. The van der Waals surface area contributed by atoms with Gasteiger partial charge in [-0.05, 0) is 41.0 Å². The number of amides is 5. The van der Waals surface area contributed by atoms with Crippen molar-refractivity contribution in [3.8, 4) is 5.75 Å². The van der Waals surface area contributed by atoms with Crippen molar-refractivity contribution in [3.05, 3.63) is 114 Å². The molecule has 0 spiro atoms. The van der Waals surface area contributed by atoms with Gasteiger partial charge in [0, 0.05) is 31.6 Å². The average molecular weight is 599 g/mol. The molecule has 44 heavy (non-hydrogen) atoms. The minimum atomic E-state index is -0.940. The molecule has 2 atom stereocenters. The van der Waals surface area contributed by atoms with Crippen molar-refractivity contribution < 1.29 is 29.5 Å². The van der Waals surface area contributed by atoms with E-state index in [0.29, 0.717) is 5.56 Å². The lowest BCUT2D eigenvalue weighted by Gasteiger charge is -2.55. The van der Waals surface area contributed by atoms with Crippen LogP contribution in [0.5, 0.6) is 5.75 Å². The van der Waals surface area contributed by atoms with Gasteiger partial charge in [0.2, 0.25) is 11.8 Å². The summed E-state index contributed by atoms with van der Waals surface area (Å²) in [5.74, 6) is -1.23. The molecule has 3 aromatic carbocycles. The van der Waals surface area contributed by atoms with E-state index in [1.807, 2.05) is 30.3 Å². The fraction of sp³-hybridized carbons (Fsp3) is 0.250. The first-order valence-electron chi connectivity index (χ1n) is 14.2. The number of carbonyl (C=O) groups is 4. The van der Waals surface area contributed by atoms with Crippen LogP contribution in [-0.4, -0.2) is 85.7 Å². The molecule has 5 amide bonds. The Bertz CT molecular complexity index is 1530. The first-order valence-corrected chi connectivity index (χ1v) is 14.2. The van der Waals surface area contributed by atoms with Crippen LogP contribution >= 0.6 is 0 Å². The predicted molar refractivity (Wildman–Crippen MR) is 160 cm³/mol. The first-order chi connectivity index (χ1) is 21.3. The van der Waals surface area contributed by atoms with Gasteiger partial charge in [-0.3, -0.25) is 19.6 Å².